The molecule has 2 N–H and O–H groups in total. The molecule has 5 nitrogen and oxygen atoms in total. The number of nitrogens with zero attached hydrogens (tertiary/aromatic N) is 4. The molecule has 1 heterocycles. The van der Waals surface area contributed by atoms with E-state index in [1.54, 1.807) is 7.05 Å². The first-order chi connectivity index (χ1) is 8.17. The summed E-state index contributed by atoms with van der Waals surface area (Å²) >= 11 is 0. The van der Waals surface area contributed by atoms with E-state index in [1.807, 2.05) is 0 Å². The topological polar surface area (TPSA) is 69.6 Å². The van der Waals surface area contributed by atoms with Crippen LogP contribution >= 0.6 is 0 Å². The molecular weight excluding hydrogens is 214 g/mol. The molecule has 96 valence electrons. The lowest BCUT2D eigenvalue weighted by molar-refractivity contribution is 0.139. The Hall–Kier alpha value is -0.970. The van der Waals surface area contributed by atoms with Crippen LogP contribution in [-0.2, 0) is 13.5 Å². The molecule has 0 spiro atoms. The zero-order chi connectivity index (χ0) is 12.3. The van der Waals surface area contributed by atoms with Gasteiger partial charge >= 0.3 is 0 Å². The molecule has 1 fully saturated rings. The Balaban J connectivity index is 2.08. The van der Waals surface area contributed by atoms with Gasteiger partial charge in [0.25, 0.3) is 0 Å². The number of aryl methyl sites for hydroxylation is 1. The van der Waals surface area contributed by atoms with Crippen molar-refractivity contribution in [1.82, 2.24) is 20.2 Å². The molecule has 1 aromatic rings. The summed E-state index contributed by atoms with van der Waals surface area (Å²) in [5.41, 5.74) is 6.24. The zero-order valence-electron chi connectivity index (χ0n) is 10.9. The molecule has 2 unspecified atom stereocenters. The minimum absolute atomic E-state index is 0.210. The van der Waals surface area contributed by atoms with E-state index in [2.05, 4.69) is 22.3 Å². The fraction of sp³-hybridized carbons (Fsp3) is 0.917. The van der Waals surface area contributed by atoms with Crippen molar-refractivity contribution >= 4 is 0 Å². The van der Waals surface area contributed by atoms with Crippen molar-refractivity contribution in [3.63, 3.8) is 0 Å². The fourth-order valence-corrected chi connectivity index (χ4v) is 3.08. The molecule has 0 bridgehead atoms. The van der Waals surface area contributed by atoms with Crippen LogP contribution in [-0.4, -0.2) is 26.8 Å². The number of hydrogen-bond donors (Lipinski definition) is 1. The second-order valence-electron chi connectivity index (χ2n) is 5.45. The minimum atomic E-state index is 0.210. The largest absolute Gasteiger partial charge is 0.330 e. The van der Waals surface area contributed by atoms with Crippen LogP contribution in [0.15, 0.2) is 0 Å². The first-order valence-electron chi connectivity index (χ1n) is 6.60. The van der Waals surface area contributed by atoms with Gasteiger partial charge in [-0.2, -0.15) is 4.80 Å². The van der Waals surface area contributed by atoms with Gasteiger partial charge in [0, 0.05) is 6.42 Å². The summed E-state index contributed by atoms with van der Waals surface area (Å²) in [5, 5.41) is 12.3. The normalized spacial score (nSPS) is 29.5. The maximum atomic E-state index is 6.03. The smallest absolute Gasteiger partial charge is 0.175 e. The SMILES string of the molecule is CCC1CCCC(CN)(Cc2nnn(C)n2)C1. The molecular formula is C12H23N5. The van der Waals surface area contributed by atoms with Crippen LogP contribution in [0.5, 0.6) is 0 Å². The van der Waals surface area contributed by atoms with Gasteiger partial charge in [0.1, 0.15) is 0 Å². The van der Waals surface area contributed by atoms with E-state index in [9.17, 15) is 0 Å². The minimum Gasteiger partial charge on any atom is -0.330 e. The summed E-state index contributed by atoms with van der Waals surface area (Å²) in [7, 11) is 1.81. The number of aromatic nitrogens is 4. The maximum Gasteiger partial charge on any atom is 0.175 e. The summed E-state index contributed by atoms with van der Waals surface area (Å²) in [6.07, 6.45) is 7.21. The molecule has 0 radical (unpaired) electrons. The van der Waals surface area contributed by atoms with Gasteiger partial charge in [-0.3, -0.25) is 0 Å². The molecule has 2 rings (SSSR count). The Morgan fingerprint density at radius 2 is 2.35 bits per heavy atom. The third kappa shape index (κ3) is 2.83. The third-order valence-electron chi connectivity index (χ3n) is 4.13. The highest BCUT2D eigenvalue weighted by molar-refractivity contribution is 4.95. The van der Waals surface area contributed by atoms with E-state index in [0.29, 0.717) is 0 Å². The van der Waals surface area contributed by atoms with Crippen LogP contribution in [0, 0.1) is 11.3 Å². The van der Waals surface area contributed by atoms with Crippen LogP contribution in [0.1, 0.15) is 44.9 Å². The summed E-state index contributed by atoms with van der Waals surface area (Å²) in [6.45, 7) is 3.01. The second kappa shape index (κ2) is 5.12. The zero-order valence-corrected chi connectivity index (χ0v) is 10.9. The van der Waals surface area contributed by atoms with Gasteiger partial charge in [-0.25, -0.2) is 0 Å². The summed E-state index contributed by atoms with van der Waals surface area (Å²) in [6, 6.07) is 0. The van der Waals surface area contributed by atoms with Crippen molar-refractivity contribution in [2.24, 2.45) is 24.1 Å². The predicted molar refractivity (Wildman–Crippen MR) is 66.2 cm³/mol. The Morgan fingerprint density at radius 3 is 2.94 bits per heavy atom. The molecule has 17 heavy (non-hydrogen) atoms. The van der Waals surface area contributed by atoms with Gasteiger partial charge < -0.3 is 5.73 Å². The van der Waals surface area contributed by atoms with Crippen LogP contribution in [0.2, 0.25) is 0 Å². The molecule has 1 aromatic heterocycles. The van der Waals surface area contributed by atoms with Crippen molar-refractivity contribution in [1.29, 1.82) is 0 Å². The highest BCUT2D eigenvalue weighted by Crippen LogP contribution is 2.41. The van der Waals surface area contributed by atoms with E-state index in [-0.39, 0.29) is 5.41 Å². The molecule has 0 amide bonds. The molecule has 2 atom stereocenters. The fourth-order valence-electron chi connectivity index (χ4n) is 3.08. The van der Waals surface area contributed by atoms with E-state index in [0.717, 1.165) is 24.7 Å². The van der Waals surface area contributed by atoms with Gasteiger partial charge in [-0.15, -0.1) is 10.2 Å². The van der Waals surface area contributed by atoms with Crippen LogP contribution in [0.3, 0.4) is 0 Å². The van der Waals surface area contributed by atoms with Crippen LogP contribution in [0.25, 0.3) is 0 Å². The lowest BCUT2D eigenvalue weighted by atomic mass is 9.67. The highest BCUT2D eigenvalue weighted by Gasteiger charge is 2.35. The molecule has 1 aliphatic rings. The van der Waals surface area contributed by atoms with Gasteiger partial charge in [0.2, 0.25) is 0 Å². The standard InChI is InChI=1S/C12H23N5/c1-3-10-5-4-6-12(7-10,9-13)8-11-14-16-17(2)15-11/h10H,3-9,13H2,1-2H3. The summed E-state index contributed by atoms with van der Waals surface area (Å²) < 4.78 is 0. The van der Waals surface area contributed by atoms with E-state index in [4.69, 9.17) is 5.73 Å². The van der Waals surface area contributed by atoms with E-state index in [1.165, 1.54) is 36.9 Å². The Bertz CT molecular complexity index is 362. The van der Waals surface area contributed by atoms with Gasteiger partial charge in [0.15, 0.2) is 5.82 Å². The summed E-state index contributed by atoms with van der Waals surface area (Å²) in [5.74, 6) is 1.67. The van der Waals surface area contributed by atoms with E-state index < -0.39 is 0 Å². The number of tetrazole rings is 1. The Morgan fingerprint density at radius 1 is 1.53 bits per heavy atom. The van der Waals surface area contributed by atoms with Crippen molar-refractivity contribution in [2.75, 3.05) is 6.54 Å². The molecule has 0 aliphatic heterocycles. The van der Waals surface area contributed by atoms with Crippen molar-refractivity contribution in [2.45, 2.75) is 45.4 Å². The monoisotopic (exact) mass is 237 g/mol. The molecule has 1 aliphatic carbocycles. The van der Waals surface area contributed by atoms with E-state index >= 15 is 0 Å². The first-order valence-corrected chi connectivity index (χ1v) is 6.60. The quantitative estimate of drug-likeness (QED) is 0.857. The van der Waals surface area contributed by atoms with Crippen LogP contribution < -0.4 is 5.73 Å². The van der Waals surface area contributed by atoms with Crippen molar-refractivity contribution in [3.05, 3.63) is 5.82 Å². The third-order valence-corrected chi connectivity index (χ3v) is 4.13. The van der Waals surface area contributed by atoms with Crippen molar-refractivity contribution < 1.29 is 0 Å². The number of nitrogens with two attached hydrogens (primary N) is 1. The Labute approximate surface area is 103 Å². The highest BCUT2D eigenvalue weighted by atomic mass is 15.6. The first kappa shape index (κ1) is 12.5. The summed E-state index contributed by atoms with van der Waals surface area (Å²) in [4.78, 5) is 1.53. The van der Waals surface area contributed by atoms with Gasteiger partial charge in [-0.05, 0) is 35.9 Å². The average molecular weight is 237 g/mol. The second-order valence-corrected chi connectivity index (χ2v) is 5.45. The maximum absolute atomic E-state index is 6.03. The lowest BCUT2D eigenvalue weighted by Gasteiger charge is -2.39. The predicted octanol–water partition coefficient (Wildman–Crippen LogP) is 1.30. The Kier molecular flexibility index (Phi) is 3.76. The number of rotatable bonds is 4. The molecule has 0 saturated heterocycles. The molecule has 1 saturated carbocycles. The molecule has 0 aromatic carbocycles. The number of hydrogen-bond acceptors (Lipinski definition) is 4. The van der Waals surface area contributed by atoms with Gasteiger partial charge in [-0.1, -0.05) is 26.2 Å². The van der Waals surface area contributed by atoms with Crippen molar-refractivity contribution in [3.8, 4) is 0 Å². The van der Waals surface area contributed by atoms with Crippen LogP contribution in [0.4, 0.5) is 0 Å². The van der Waals surface area contributed by atoms with Gasteiger partial charge in [0.05, 0.1) is 7.05 Å². The lowest BCUT2D eigenvalue weighted by Crippen LogP contribution is -2.38. The average Bonchev–Trinajstić information content (AvgIpc) is 2.75. The molecule has 5 heteroatoms.